The minimum Gasteiger partial charge on any atom is -0.490 e. The van der Waals surface area contributed by atoms with Crippen LogP contribution in [0.15, 0.2) is 73.9 Å². The number of hydrogen-bond acceptors (Lipinski definition) is 9. The smallest absolute Gasteiger partial charge is 0.339 e. The van der Waals surface area contributed by atoms with Gasteiger partial charge in [-0.05, 0) is 96.0 Å². The van der Waals surface area contributed by atoms with Gasteiger partial charge in [0.1, 0.15) is 4.90 Å². The second kappa shape index (κ2) is 11.6. The molecule has 1 heterocycles. The van der Waals surface area contributed by atoms with Crippen LogP contribution in [0.25, 0.3) is 6.08 Å². The van der Waals surface area contributed by atoms with E-state index in [0.717, 1.165) is 17.3 Å². The highest BCUT2D eigenvalue weighted by Gasteiger charge is 2.26. The van der Waals surface area contributed by atoms with Crippen LogP contribution in [-0.4, -0.2) is 31.0 Å². The summed E-state index contributed by atoms with van der Waals surface area (Å²) in [5, 5.41) is 14.0. The van der Waals surface area contributed by atoms with Gasteiger partial charge >= 0.3 is 10.1 Å². The molecule has 13 heteroatoms. The number of benzene rings is 3. The van der Waals surface area contributed by atoms with Gasteiger partial charge in [-0.15, -0.1) is 0 Å². The number of carbonyl (C=O) groups excluding carboxylic acids is 1. The van der Waals surface area contributed by atoms with Crippen LogP contribution < -0.4 is 14.2 Å². The fraction of sp³-hybridized carbons (Fsp3) is 0.154. The Morgan fingerprint density at radius 3 is 2.49 bits per heavy atom. The van der Waals surface area contributed by atoms with Crippen molar-refractivity contribution in [2.24, 2.45) is 4.99 Å². The molecule has 3 aromatic carbocycles. The van der Waals surface area contributed by atoms with Crippen LogP contribution in [0.4, 0.5) is 11.4 Å². The van der Waals surface area contributed by atoms with Gasteiger partial charge in [0.05, 0.1) is 26.6 Å². The minimum absolute atomic E-state index is 0.00254. The highest BCUT2D eigenvalue weighted by Crippen LogP contribution is 2.40. The summed E-state index contributed by atoms with van der Waals surface area (Å²) in [6, 6.07) is 13.7. The Labute approximate surface area is 237 Å². The van der Waals surface area contributed by atoms with Crippen LogP contribution in [0.2, 0.25) is 0 Å². The zero-order chi connectivity index (χ0) is 28.3. The molecule has 0 radical (unpaired) electrons. The van der Waals surface area contributed by atoms with Gasteiger partial charge in [-0.25, -0.2) is 4.99 Å². The molecule has 0 unspecified atom stereocenters. The van der Waals surface area contributed by atoms with Crippen molar-refractivity contribution >= 4 is 66.3 Å². The Kier molecular flexibility index (Phi) is 8.42. The number of rotatable bonds is 8. The number of hydrogen-bond donors (Lipinski definition) is 1. The van der Waals surface area contributed by atoms with Gasteiger partial charge in [-0.3, -0.25) is 14.9 Å². The van der Waals surface area contributed by atoms with E-state index in [1.165, 1.54) is 30.3 Å². The first kappa shape index (κ1) is 28.3. The van der Waals surface area contributed by atoms with Crippen molar-refractivity contribution in [1.82, 2.24) is 5.32 Å². The number of thioether (sulfide) groups is 1. The lowest BCUT2D eigenvalue weighted by Gasteiger charge is -2.14. The molecule has 1 N–H and O–H groups in total. The van der Waals surface area contributed by atoms with Crippen molar-refractivity contribution in [3.63, 3.8) is 0 Å². The Morgan fingerprint density at radius 1 is 1.13 bits per heavy atom. The molecular weight excluding hydrogens is 610 g/mol. The van der Waals surface area contributed by atoms with Crippen LogP contribution in [0.1, 0.15) is 23.6 Å². The molecule has 0 aromatic heterocycles. The first-order valence-electron chi connectivity index (χ1n) is 11.5. The summed E-state index contributed by atoms with van der Waals surface area (Å²) in [5.41, 5.74) is 2.49. The number of nitrogens with one attached hydrogen (secondary N) is 1. The monoisotopic (exact) mass is 631 g/mol. The van der Waals surface area contributed by atoms with Crippen molar-refractivity contribution in [2.45, 2.75) is 25.7 Å². The molecule has 10 nitrogen and oxygen atoms in total. The number of nitro benzene ring substituents is 1. The first-order chi connectivity index (χ1) is 18.5. The molecule has 1 aliphatic rings. The first-order valence-corrected chi connectivity index (χ1v) is 14.5. The summed E-state index contributed by atoms with van der Waals surface area (Å²) in [4.78, 5) is 27.9. The standard InChI is InChI=1S/C26H22BrN3O7S2/c1-4-36-22-13-17(12-20(27)24(22)37-39(34,35)19-8-5-15(2)6-9-19)14-23-25(31)29-26(38-23)28-21-10-7-18(30(32)33)11-16(21)3/h5-14H,4H2,1-3H3,(H,28,29,31)/b23-14+. The van der Waals surface area contributed by atoms with Crippen molar-refractivity contribution in [3.8, 4) is 11.5 Å². The number of amides is 1. The van der Waals surface area contributed by atoms with Crippen molar-refractivity contribution in [1.29, 1.82) is 0 Å². The molecular formula is C26H22BrN3O7S2. The number of non-ortho nitro benzene ring substituents is 1. The van der Waals surface area contributed by atoms with Crippen LogP contribution in [0.5, 0.6) is 11.5 Å². The number of nitro groups is 1. The zero-order valence-corrected chi connectivity index (χ0v) is 24.1. The fourth-order valence-corrected chi connectivity index (χ4v) is 5.94. The second-order valence-corrected chi connectivity index (χ2v) is 11.8. The van der Waals surface area contributed by atoms with Gasteiger partial charge in [0, 0.05) is 12.1 Å². The summed E-state index contributed by atoms with van der Waals surface area (Å²) in [6.45, 7) is 5.54. The third kappa shape index (κ3) is 6.67. The number of halogens is 1. The summed E-state index contributed by atoms with van der Waals surface area (Å²) < 4.78 is 37.2. The van der Waals surface area contributed by atoms with E-state index in [0.29, 0.717) is 31.4 Å². The van der Waals surface area contributed by atoms with Gasteiger partial charge < -0.3 is 14.2 Å². The molecule has 3 aromatic rings. The van der Waals surface area contributed by atoms with E-state index in [2.05, 4.69) is 26.2 Å². The third-order valence-corrected chi connectivity index (χ3v) is 8.13. The number of carbonyl (C=O) groups is 1. The van der Waals surface area contributed by atoms with Gasteiger partial charge in [-0.1, -0.05) is 17.7 Å². The predicted octanol–water partition coefficient (Wildman–Crippen LogP) is 6.03. The molecule has 0 atom stereocenters. The Balaban J connectivity index is 1.61. The summed E-state index contributed by atoms with van der Waals surface area (Å²) in [7, 11) is -4.13. The average molecular weight is 633 g/mol. The quantitative estimate of drug-likeness (QED) is 0.138. The topological polar surface area (TPSA) is 137 Å². The molecule has 1 fully saturated rings. The summed E-state index contributed by atoms with van der Waals surface area (Å²) in [6.07, 6.45) is 1.61. The van der Waals surface area contributed by atoms with E-state index in [9.17, 15) is 23.3 Å². The van der Waals surface area contributed by atoms with Crippen molar-refractivity contribution in [3.05, 3.63) is 90.8 Å². The van der Waals surface area contributed by atoms with E-state index < -0.39 is 15.0 Å². The number of nitrogens with zero attached hydrogens (tertiary/aromatic N) is 2. The third-order valence-electron chi connectivity index (χ3n) is 5.40. The predicted molar refractivity (Wildman–Crippen MR) is 153 cm³/mol. The molecule has 39 heavy (non-hydrogen) atoms. The number of aliphatic imine (C=N–C) groups is 1. The molecule has 1 amide bonds. The highest BCUT2D eigenvalue weighted by molar-refractivity contribution is 9.10. The molecule has 0 bridgehead atoms. The fourth-order valence-electron chi connectivity index (χ4n) is 3.50. The van der Waals surface area contributed by atoms with Crippen LogP contribution in [0.3, 0.4) is 0 Å². The average Bonchev–Trinajstić information content (AvgIpc) is 3.21. The van der Waals surface area contributed by atoms with Gasteiger partial charge in [0.15, 0.2) is 16.7 Å². The van der Waals surface area contributed by atoms with Gasteiger partial charge in [0.25, 0.3) is 11.6 Å². The van der Waals surface area contributed by atoms with E-state index in [1.807, 2.05) is 6.92 Å². The molecule has 4 rings (SSSR count). The van der Waals surface area contributed by atoms with E-state index in [4.69, 9.17) is 8.92 Å². The summed E-state index contributed by atoms with van der Waals surface area (Å²) >= 11 is 4.47. The lowest BCUT2D eigenvalue weighted by molar-refractivity contribution is -0.384. The number of aryl methyl sites for hydroxylation is 2. The zero-order valence-electron chi connectivity index (χ0n) is 20.9. The van der Waals surface area contributed by atoms with Crippen LogP contribution in [-0.2, 0) is 14.9 Å². The highest BCUT2D eigenvalue weighted by atomic mass is 79.9. The lowest BCUT2D eigenvalue weighted by atomic mass is 10.2. The van der Waals surface area contributed by atoms with Crippen molar-refractivity contribution < 1.29 is 27.1 Å². The Hall–Kier alpha value is -3.68. The van der Waals surface area contributed by atoms with E-state index >= 15 is 0 Å². The molecule has 202 valence electrons. The normalized spacial score (nSPS) is 15.4. The lowest BCUT2D eigenvalue weighted by Crippen LogP contribution is -2.19. The van der Waals surface area contributed by atoms with Gasteiger partial charge in [0.2, 0.25) is 0 Å². The maximum Gasteiger partial charge on any atom is 0.339 e. The van der Waals surface area contributed by atoms with Gasteiger partial charge in [-0.2, -0.15) is 8.42 Å². The summed E-state index contributed by atoms with van der Waals surface area (Å²) in [5.74, 6) is -0.220. The maximum atomic E-state index is 12.9. The minimum atomic E-state index is -4.13. The van der Waals surface area contributed by atoms with E-state index in [-0.39, 0.29) is 34.6 Å². The van der Waals surface area contributed by atoms with Crippen LogP contribution in [0, 0.1) is 24.0 Å². The molecule has 0 aliphatic carbocycles. The second-order valence-electron chi connectivity index (χ2n) is 8.32. The Bertz CT molecular complexity index is 1640. The SMILES string of the molecule is CCOc1cc(/C=C2/SC(=Nc3ccc([N+](=O)[O-])cc3C)NC2=O)cc(Br)c1OS(=O)(=O)c1ccc(C)cc1. The molecule has 1 aliphatic heterocycles. The Morgan fingerprint density at radius 2 is 1.85 bits per heavy atom. The number of ether oxygens (including phenoxy) is 1. The molecule has 0 saturated carbocycles. The largest absolute Gasteiger partial charge is 0.490 e. The number of amidine groups is 1. The maximum absolute atomic E-state index is 12.9. The van der Waals surface area contributed by atoms with Crippen molar-refractivity contribution in [2.75, 3.05) is 6.61 Å². The van der Waals surface area contributed by atoms with E-state index in [1.54, 1.807) is 44.2 Å². The molecule has 1 saturated heterocycles. The van der Waals surface area contributed by atoms with Crippen LogP contribution >= 0.6 is 27.7 Å². The molecule has 0 spiro atoms.